The van der Waals surface area contributed by atoms with Gasteiger partial charge in [0.2, 0.25) is 0 Å². The molecule has 40 heavy (non-hydrogen) atoms. The van der Waals surface area contributed by atoms with E-state index in [0.29, 0.717) is 21.3 Å². The van der Waals surface area contributed by atoms with Crippen LogP contribution in [0.15, 0.2) is 76.2 Å². The van der Waals surface area contributed by atoms with Crippen molar-refractivity contribution >= 4 is 45.1 Å². The number of Topliss-reactive ketones (excluding diaryl/α,β-unsaturated/α-hetero) is 1. The molecular formula is C32H33BrN2O5. The molecule has 7 nitrogen and oxygen atoms in total. The molecule has 0 saturated heterocycles. The molecule has 0 bridgehead atoms. The number of nitrogens with zero attached hydrogens (tertiary/aromatic N) is 1. The highest BCUT2D eigenvalue weighted by Gasteiger charge is 2.18. The first-order chi connectivity index (χ1) is 19.4. The van der Waals surface area contributed by atoms with Gasteiger partial charge in [0.25, 0.3) is 0 Å². The number of anilines is 1. The third-order valence-electron chi connectivity index (χ3n) is 6.78. The molecule has 0 aromatic heterocycles. The van der Waals surface area contributed by atoms with Crippen molar-refractivity contribution in [2.24, 2.45) is 4.99 Å². The maximum Gasteiger partial charge on any atom is 0.338 e. The fourth-order valence-corrected chi connectivity index (χ4v) is 5.09. The summed E-state index contributed by atoms with van der Waals surface area (Å²) in [7, 11) is 0. The monoisotopic (exact) mass is 604 g/mol. The van der Waals surface area contributed by atoms with Gasteiger partial charge in [0.15, 0.2) is 5.78 Å². The summed E-state index contributed by atoms with van der Waals surface area (Å²) in [5.74, 6) is -1.02. The van der Waals surface area contributed by atoms with E-state index >= 15 is 0 Å². The van der Waals surface area contributed by atoms with Crippen LogP contribution in [0.25, 0.3) is 0 Å². The van der Waals surface area contributed by atoms with Crippen LogP contribution in [0.3, 0.4) is 0 Å². The van der Waals surface area contributed by atoms with Crippen molar-refractivity contribution in [2.45, 2.75) is 44.9 Å². The van der Waals surface area contributed by atoms with Gasteiger partial charge < -0.3 is 15.2 Å². The molecule has 0 saturated carbocycles. The smallest absolute Gasteiger partial charge is 0.338 e. The molecule has 0 spiro atoms. The number of ether oxygens (including phenoxy) is 2. The summed E-state index contributed by atoms with van der Waals surface area (Å²) in [5.41, 5.74) is 11.0. The van der Waals surface area contributed by atoms with Crippen LogP contribution in [0.4, 0.5) is 5.69 Å². The van der Waals surface area contributed by atoms with E-state index in [9.17, 15) is 14.4 Å². The van der Waals surface area contributed by atoms with E-state index in [-0.39, 0.29) is 31.8 Å². The Bertz CT molecular complexity index is 1390. The second kappa shape index (κ2) is 14.6. The largest absolute Gasteiger partial charge is 0.462 e. The summed E-state index contributed by atoms with van der Waals surface area (Å²) in [4.78, 5) is 42.6. The molecular weight excluding hydrogens is 572 g/mol. The number of aliphatic imine (C=N–C) groups is 1. The van der Waals surface area contributed by atoms with Crippen LogP contribution in [0, 0.1) is 0 Å². The highest BCUT2D eigenvalue weighted by atomic mass is 79.9. The SMILES string of the molecule is Nc1c(Br)cc(C(=O)OCCOC(=O)Cc2ccccc2CC(=O)c2ccccc2)cc1C1=NCCCCCC1. The number of hydrogen-bond donors (Lipinski definition) is 1. The lowest BCUT2D eigenvalue weighted by Crippen LogP contribution is -2.17. The topological polar surface area (TPSA) is 108 Å². The standard InChI is InChI=1S/C32H33BrN2O5/c33-27-19-25(18-26(31(27)34)28-14-6-1-2-9-15-35-28)32(38)40-17-16-39-30(37)21-24-13-8-7-12-23(24)20-29(36)22-10-4-3-5-11-22/h3-5,7-8,10-13,18-19H,1-2,6,9,14-17,20-21,34H2. The lowest BCUT2D eigenvalue weighted by atomic mass is 9.97. The Morgan fingerprint density at radius 3 is 2.25 bits per heavy atom. The van der Waals surface area contributed by atoms with Crippen LogP contribution in [-0.4, -0.2) is 43.2 Å². The Kier molecular flexibility index (Phi) is 10.6. The van der Waals surface area contributed by atoms with Crippen molar-refractivity contribution in [3.63, 3.8) is 0 Å². The maximum atomic E-state index is 12.8. The van der Waals surface area contributed by atoms with Crippen LogP contribution in [0.1, 0.15) is 69.5 Å². The van der Waals surface area contributed by atoms with E-state index in [1.165, 1.54) is 6.42 Å². The third kappa shape index (κ3) is 8.11. The lowest BCUT2D eigenvalue weighted by Gasteiger charge is -2.15. The fraction of sp³-hybridized carbons (Fsp3) is 0.312. The van der Waals surface area contributed by atoms with Gasteiger partial charge in [-0.05, 0) is 58.5 Å². The van der Waals surface area contributed by atoms with Gasteiger partial charge in [-0.1, -0.05) is 67.4 Å². The van der Waals surface area contributed by atoms with Crippen molar-refractivity contribution in [1.29, 1.82) is 0 Å². The summed E-state index contributed by atoms with van der Waals surface area (Å²) in [5, 5.41) is 0. The van der Waals surface area contributed by atoms with Gasteiger partial charge in [0.05, 0.1) is 17.7 Å². The van der Waals surface area contributed by atoms with Gasteiger partial charge in [-0.15, -0.1) is 0 Å². The van der Waals surface area contributed by atoms with Crippen LogP contribution < -0.4 is 5.73 Å². The van der Waals surface area contributed by atoms with E-state index in [4.69, 9.17) is 20.2 Å². The number of benzene rings is 3. The Morgan fingerprint density at radius 1 is 0.800 bits per heavy atom. The maximum absolute atomic E-state index is 12.8. The molecule has 0 radical (unpaired) electrons. The van der Waals surface area contributed by atoms with Crippen molar-refractivity contribution in [3.05, 3.63) is 99.0 Å². The number of carbonyl (C=O) groups excluding carboxylic acids is 3. The van der Waals surface area contributed by atoms with Crippen LogP contribution in [0.5, 0.6) is 0 Å². The van der Waals surface area contributed by atoms with Crippen LogP contribution >= 0.6 is 15.9 Å². The first-order valence-corrected chi connectivity index (χ1v) is 14.3. The Balaban J connectivity index is 1.30. The van der Waals surface area contributed by atoms with Crippen molar-refractivity contribution < 1.29 is 23.9 Å². The predicted octanol–water partition coefficient (Wildman–Crippen LogP) is 6.15. The van der Waals surface area contributed by atoms with Gasteiger partial charge in [-0.25, -0.2) is 4.79 Å². The molecule has 0 fully saturated rings. The number of nitrogen functional groups attached to an aromatic ring is 1. The van der Waals surface area contributed by atoms with Gasteiger partial charge in [0, 0.05) is 34.3 Å². The Hall–Kier alpha value is -3.78. The quantitative estimate of drug-likeness (QED) is 0.129. The van der Waals surface area contributed by atoms with E-state index in [2.05, 4.69) is 15.9 Å². The average Bonchev–Trinajstić information content (AvgIpc) is 2.94. The fourth-order valence-electron chi connectivity index (χ4n) is 4.63. The molecule has 0 unspecified atom stereocenters. The Labute approximate surface area is 242 Å². The predicted molar refractivity (Wildman–Crippen MR) is 159 cm³/mol. The zero-order chi connectivity index (χ0) is 28.3. The van der Waals surface area contributed by atoms with Gasteiger partial charge >= 0.3 is 11.9 Å². The number of nitrogens with two attached hydrogens (primary N) is 1. The second-order valence-corrected chi connectivity index (χ2v) is 10.5. The van der Waals surface area contributed by atoms with Crippen molar-refractivity contribution in [3.8, 4) is 0 Å². The van der Waals surface area contributed by atoms with Gasteiger partial charge in [-0.3, -0.25) is 14.6 Å². The summed E-state index contributed by atoms with van der Waals surface area (Å²) in [6, 6.07) is 19.7. The molecule has 1 aliphatic heterocycles. The number of rotatable bonds is 10. The molecule has 3 aromatic rings. The molecule has 0 atom stereocenters. The van der Waals surface area contributed by atoms with E-state index in [1.54, 1.807) is 24.3 Å². The molecule has 0 aliphatic carbocycles. The molecule has 1 aliphatic rings. The minimum absolute atomic E-state index is 0.0164. The number of hydrogen-bond acceptors (Lipinski definition) is 7. The minimum Gasteiger partial charge on any atom is -0.462 e. The summed E-state index contributed by atoms with van der Waals surface area (Å²) in [6.45, 7) is 0.586. The molecule has 8 heteroatoms. The highest BCUT2D eigenvalue weighted by molar-refractivity contribution is 9.10. The first-order valence-electron chi connectivity index (χ1n) is 13.5. The summed E-state index contributed by atoms with van der Waals surface area (Å²) in [6.07, 6.45) is 5.42. The molecule has 4 rings (SSSR count). The Morgan fingerprint density at radius 2 is 1.48 bits per heavy atom. The molecule has 1 heterocycles. The number of esters is 2. The van der Waals surface area contributed by atoms with E-state index < -0.39 is 11.9 Å². The zero-order valence-corrected chi connectivity index (χ0v) is 24.0. The van der Waals surface area contributed by atoms with Crippen LogP contribution in [0.2, 0.25) is 0 Å². The van der Waals surface area contributed by atoms with Crippen LogP contribution in [-0.2, 0) is 27.1 Å². The normalized spacial score (nSPS) is 13.5. The van der Waals surface area contributed by atoms with Crippen molar-refractivity contribution in [1.82, 2.24) is 0 Å². The number of ketones is 1. The van der Waals surface area contributed by atoms with E-state index in [1.807, 2.05) is 42.5 Å². The average molecular weight is 606 g/mol. The summed E-state index contributed by atoms with van der Waals surface area (Å²) >= 11 is 3.45. The molecule has 0 amide bonds. The third-order valence-corrected chi connectivity index (χ3v) is 7.44. The zero-order valence-electron chi connectivity index (χ0n) is 22.4. The molecule has 2 N–H and O–H groups in total. The summed E-state index contributed by atoms with van der Waals surface area (Å²) < 4.78 is 11.3. The van der Waals surface area contributed by atoms with Crippen molar-refractivity contribution in [2.75, 3.05) is 25.5 Å². The van der Waals surface area contributed by atoms with Gasteiger partial charge in [-0.2, -0.15) is 0 Å². The second-order valence-electron chi connectivity index (χ2n) is 9.68. The molecule has 208 valence electrons. The van der Waals surface area contributed by atoms with E-state index in [0.717, 1.165) is 54.6 Å². The number of halogens is 1. The minimum atomic E-state index is -0.533. The lowest BCUT2D eigenvalue weighted by molar-refractivity contribution is -0.143. The van der Waals surface area contributed by atoms with Gasteiger partial charge in [0.1, 0.15) is 13.2 Å². The molecule has 3 aromatic carbocycles. The first kappa shape index (κ1) is 29.2. The highest BCUT2D eigenvalue weighted by Crippen LogP contribution is 2.28. The number of carbonyl (C=O) groups is 3.